The number of esters is 1. The van der Waals surface area contributed by atoms with Crippen molar-refractivity contribution in [1.29, 1.82) is 0 Å². The van der Waals surface area contributed by atoms with E-state index in [-0.39, 0.29) is 30.8 Å². The topological polar surface area (TPSA) is 78.3 Å². The van der Waals surface area contributed by atoms with Gasteiger partial charge in [-0.3, -0.25) is 4.79 Å². The Kier molecular flexibility index (Phi) is 19.9. The number of carbonyl (C=O) groups is 1. The van der Waals surface area contributed by atoms with Crippen LogP contribution in [0.4, 0.5) is 0 Å². The van der Waals surface area contributed by atoms with Gasteiger partial charge in [0, 0.05) is 0 Å². The molecule has 0 amide bonds. The van der Waals surface area contributed by atoms with Gasteiger partial charge in [0.25, 0.3) is 0 Å². The average Bonchev–Trinajstić information content (AvgIpc) is 2.18. The molecule has 0 unspecified atom stereocenters. The van der Waals surface area contributed by atoms with Crippen molar-refractivity contribution in [2.75, 3.05) is 13.2 Å². The highest BCUT2D eigenvalue weighted by Crippen LogP contribution is 2.00. The monoisotopic (exact) mass is 274 g/mol. The third-order valence-electron chi connectivity index (χ3n) is 2.01. The number of halogens is 2. The van der Waals surface area contributed by atoms with Crippen molar-refractivity contribution in [3.63, 3.8) is 0 Å². The molecule has 4 nitrogen and oxygen atoms in total. The van der Waals surface area contributed by atoms with Crippen LogP contribution < -0.4 is 11.5 Å². The van der Waals surface area contributed by atoms with E-state index in [2.05, 4.69) is 6.92 Å². The third-order valence-corrected chi connectivity index (χ3v) is 2.01. The van der Waals surface area contributed by atoms with E-state index in [4.69, 9.17) is 16.2 Å². The van der Waals surface area contributed by atoms with Gasteiger partial charge in [0.05, 0.1) is 6.61 Å². The number of carbonyl (C=O) groups excluding carboxylic acids is 1. The maximum absolute atomic E-state index is 11.2. The second-order valence-corrected chi connectivity index (χ2v) is 3.41. The van der Waals surface area contributed by atoms with Gasteiger partial charge in [-0.25, -0.2) is 0 Å². The van der Waals surface area contributed by atoms with Gasteiger partial charge in [-0.05, 0) is 25.8 Å². The fourth-order valence-electron chi connectivity index (χ4n) is 1.05. The molecule has 4 N–H and O–H groups in total. The van der Waals surface area contributed by atoms with Gasteiger partial charge in [0.15, 0.2) is 0 Å². The van der Waals surface area contributed by atoms with Crippen LogP contribution in [0.25, 0.3) is 0 Å². The first kappa shape index (κ1) is 21.3. The molecule has 0 aliphatic carbocycles. The minimum Gasteiger partial charge on any atom is -0.465 e. The summed E-state index contributed by atoms with van der Waals surface area (Å²) in [5, 5.41) is 0. The predicted molar refractivity (Wildman–Crippen MR) is 71.2 cm³/mol. The number of ether oxygens (including phenoxy) is 1. The van der Waals surface area contributed by atoms with E-state index in [9.17, 15) is 4.79 Å². The maximum Gasteiger partial charge on any atom is 0.322 e. The number of rotatable bonds is 8. The standard InChI is InChI=1S/C10H22N2O2.2ClH/c1-2-3-8-14-10(13)9(12)6-4-5-7-11;;/h9H,2-8,11-12H2,1H3;2*1H/t9-;;/m0../s1. The van der Waals surface area contributed by atoms with Gasteiger partial charge < -0.3 is 16.2 Å². The van der Waals surface area contributed by atoms with Crippen LogP contribution >= 0.6 is 24.8 Å². The van der Waals surface area contributed by atoms with E-state index < -0.39 is 6.04 Å². The van der Waals surface area contributed by atoms with Crippen LogP contribution in [0.1, 0.15) is 39.0 Å². The number of hydrogen-bond acceptors (Lipinski definition) is 4. The Morgan fingerprint density at radius 2 is 1.88 bits per heavy atom. The number of unbranched alkanes of at least 4 members (excludes halogenated alkanes) is 2. The van der Waals surface area contributed by atoms with Gasteiger partial charge in [0.2, 0.25) is 0 Å². The summed E-state index contributed by atoms with van der Waals surface area (Å²) in [6.45, 7) is 3.19. The lowest BCUT2D eigenvalue weighted by atomic mass is 10.1. The van der Waals surface area contributed by atoms with Crippen molar-refractivity contribution in [3.05, 3.63) is 0 Å². The van der Waals surface area contributed by atoms with Gasteiger partial charge in [-0.1, -0.05) is 19.8 Å². The van der Waals surface area contributed by atoms with Crippen LogP contribution in [0.3, 0.4) is 0 Å². The molecule has 0 aromatic heterocycles. The summed E-state index contributed by atoms with van der Waals surface area (Å²) in [6.07, 6.45) is 4.40. The molecule has 0 saturated heterocycles. The minimum atomic E-state index is -0.474. The van der Waals surface area contributed by atoms with E-state index in [0.29, 0.717) is 19.6 Å². The summed E-state index contributed by atoms with van der Waals surface area (Å²) in [4.78, 5) is 11.2. The van der Waals surface area contributed by atoms with Crippen LogP contribution in [0.15, 0.2) is 0 Å². The fourth-order valence-corrected chi connectivity index (χ4v) is 1.05. The first-order valence-corrected chi connectivity index (χ1v) is 5.34. The predicted octanol–water partition coefficient (Wildman–Crippen LogP) is 1.63. The lowest BCUT2D eigenvalue weighted by Gasteiger charge is -2.10. The quantitative estimate of drug-likeness (QED) is 0.521. The third kappa shape index (κ3) is 12.0. The van der Waals surface area contributed by atoms with Gasteiger partial charge in [-0.15, -0.1) is 24.8 Å². The Balaban J connectivity index is -0.000000845. The van der Waals surface area contributed by atoms with Crippen molar-refractivity contribution in [2.24, 2.45) is 11.5 Å². The Morgan fingerprint density at radius 3 is 2.38 bits per heavy atom. The number of hydrogen-bond donors (Lipinski definition) is 2. The molecular weight excluding hydrogens is 251 g/mol. The van der Waals surface area contributed by atoms with Crippen LogP contribution in [0, 0.1) is 0 Å². The Hall–Kier alpha value is -0.0300. The molecular formula is C10H24Cl2N2O2. The molecule has 0 spiro atoms. The van der Waals surface area contributed by atoms with Crippen LogP contribution in [-0.4, -0.2) is 25.2 Å². The zero-order chi connectivity index (χ0) is 10.8. The SMILES string of the molecule is CCCCOC(=O)[C@@H](N)CCCCN.Cl.Cl. The largest absolute Gasteiger partial charge is 0.465 e. The molecule has 0 heterocycles. The molecule has 100 valence electrons. The zero-order valence-corrected chi connectivity index (χ0v) is 11.4. The van der Waals surface area contributed by atoms with E-state index in [1.807, 2.05) is 0 Å². The fraction of sp³-hybridized carbons (Fsp3) is 0.900. The van der Waals surface area contributed by atoms with E-state index >= 15 is 0 Å². The normalized spacial score (nSPS) is 10.9. The van der Waals surface area contributed by atoms with Crippen LogP contribution in [0.5, 0.6) is 0 Å². The first-order valence-electron chi connectivity index (χ1n) is 5.34. The van der Waals surface area contributed by atoms with Crippen molar-refractivity contribution in [2.45, 2.75) is 45.1 Å². The molecule has 6 heteroatoms. The lowest BCUT2D eigenvalue weighted by Crippen LogP contribution is -2.32. The summed E-state index contributed by atoms with van der Waals surface area (Å²) < 4.78 is 4.98. The number of nitrogens with two attached hydrogens (primary N) is 2. The van der Waals surface area contributed by atoms with Crippen molar-refractivity contribution < 1.29 is 9.53 Å². The van der Waals surface area contributed by atoms with Crippen molar-refractivity contribution in [1.82, 2.24) is 0 Å². The minimum absolute atomic E-state index is 0. The molecule has 0 aromatic rings. The molecule has 0 aliphatic rings. The molecule has 0 radical (unpaired) electrons. The van der Waals surface area contributed by atoms with E-state index in [1.54, 1.807) is 0 Å². The Labute approximate surface area is 110 Å². The highest BCUT2D eigenvalue weighted by molar-refractivity contribution is 5.85. The van der Waals surface area contributed by atoms with Crippen molar-refractivity contribution in [3.8, 4) is 0 Å². The Bertz CT molecular complexity index is 160. The molecule has 0 bridgehead atoms. The maximum atomic E-state index is 11.2. The molecule has 0 saturated carbocycles. The molecule has 0 aromatic carbocycles. The van der Waals surface area contributed by atoms with Crippen LogP contribution in [-0.2, 0) is 9.53 Å². The summed E-state index contributed by atoms with van der Waals surface area (Å²) in [5.74, 6) is -0.282. The second-order valence-electron chi connectivity index (χ2n) is 3.41. The second kappa shape index (κ2) is 15.0. The zero-order valence-electron chi connectivity index (χ0n) is 9.81. The van der Waals surface area contributed by atoms with Crippen LogP contribution in [0.2, 0.25) is 0 Å². The molecule has 1 atom stereocenters. The summed E-state index contributed by atoms with van der Waals surface area (Å²) in [7, 11) is 0. The molecule has 0 rings (SSSR count). The van der Waals surface area contributed by atoms with Crippen molar-refractivity contribution >= 4 is 30.8 Å². The van der Waals surface area contributed by atoms with E-state index in [1.165, 1.54) is 0 Å². The first-order chi connectivity index (χ1) is 6.72. The molecule has 0 fully saturated rings. The summed E-state index contributed by atoms with van der Waals surface area (Å²) in [6, 6.07) is -0.474. The smallest absolute Gasteiger partial charge is 0.322 e. The lowest BCUT2D eigenvalue weighted by molar-refractivity contribution is -0.145. The average molecular weight is 275 g/mol. The van der Waals surface area contributed by atoms with Gasteiger partial charge in [-0.2, -0.15) is 0 Å². The molecule has 0 aliphatic heterocycles. The van der Waals surface area contributed by atoms with E-state index in [0.717, 1.165) is 25.7 Å². The molecule has 16 heavy (non-hydrogen) atoms. The summed E-state index contributed by atoms with van der Waals surface area (Å²) in [5.41, 5.74) is 11.0. The Morgan fingerprint density at radius 1 is 1.25 bits per heavy atom. The highest BCUT2D eigenvalue weighted by Gasteiger charge is 2.13. The highest BCUT2D eigenvalue weighted by atomic mass is 35.5. The summed E-state index contributed by atoms with van der Waals surface area (Å²) >= 11 is 0. The van der Waals surface area contributed by atoms with Gasteiger partial charge in [0.1, 0.15) is 6.04 Å². The van der Waals surface area contributed by atoms with Gasteiger partial charge >= 0.3 is 5.97 Å².